The molecular formula is C16H21BrClF2N5O. The van der Waals surface area contributed by atoms with E-state index in [1.807, 2.05) is 18.5 Å². The third kappa shape index (κ3) is 4.25. The van der Waals surface area contributed by atoms with Crippen LogP contribution in [0.2, 0.25) is 5.02 Å². The number of amides is 1. The average Bonchev–Trinajstić information content (AvgIpc) is 3.02. The first-order valence-electron chi connectivity index (χ1n) is 8.15. The van der Waals surface area contributed by atoms with Crippen LogP contribution in [0.4, 0.5) is 8.78 Å². The summed E-state index contributed by atoms with van der Waals surface area (Å²) in [6.45, 7) is 8.15. The van der Waals surface area contributed by atoms with Gasteiger partial charge in [-0.05, 0) is 50.0 Å². The van der Waals surface area contributed by atoms with Crippen molar-refractivity contribution < 1.29 is 13.6 Å². The van der Waals surface area contributed by atoms with E-state index in [1.54, 1.807) is 13.8 Å². The van der Waals surface area contributed by atoms with Crippen molar-refractivity contribution in [3.05, 3.63) is 32.3 Å². The number of hydrogen-bond donors (Lipinski definition) is 1. The highest BCUT2D eigenvalue weighted by Crippen LogP contribution is 2.30. The average molecular weight is 453 g/mol. The lowest BCUT2D eigenvalue weighted by atomic mass is 10.3. The van der Waals surface area contributed by atoms with Gasteiger partial charge >= 0.3 is 0 Å². The van der Waals surface area contributed by atoms with Crippen LogP contribution in [0, 0.1) is 20.8 Å². The van der Waals surface area contributed by atoms with Crippen LogP contribution >= 0.6 is 27.5 Å². The molecule has 0 spiro atoms. The van der Waals surface area contributed by atoms with Crippen molar-refractivity contribution in [3.8, 4) is 0 Å². The van der Waals surface area contributed by atoms with Gasteiger partial charge in [0.1, 0.15) is 11.7 Å². The number of aromatic nitrogens is 4. The van der Waals surface area contributed by atoms with Gasteiger partial charge in [0, 0.05) is 18.8 Å². The highest BCUT2D eigenvalue weighted by atomic mass is 79.9. The summed E-state index contributed by atoms with van der Waals surface area (Å²) in [4.78, 5) is 12.3. The lowest BCUT2D eigenvalue weighted by Gasteiger charge is -2.14. The molecular weight excluding hydrogens is 432 g/mol. The van der Waals surface area contributed by atoms with E-state index in [-0.39, 0.29) is 10.9 Å². The van der Waals surface area contributed by atoms with Crippen molar-refractivity contribution in [1.82, 2.24) is 24.9 Å². The van der Waals surface area contributed by atoms with Gasteiger partial charge in [0.25, 0.3) is 6.43 Å². The molecule has 0 aliphatic heterocycles. The second kappa shape index (κ2) is 8.47. The standard InChI is InChI=1S/C16H21BrClF2N5O/c1-8-12(17)9(2)24(22-8)7-5-6-21-16(26)11(4)25-10(3)13(18)14(23-25)15(19)20/h11,15H,5-7H2,1-4H3,(H,21,26)/t11-/m1/s1. The van der Waals surface area contributed by atoms with Gasteiger partial charge in [0.05, 0.1) is 20.9 Å². The summed E-state index contributed by atoms with van der Waals surface area (Å²) < 4.78 is 29.9. The summed E-state index contributed by atoms with van der Waals surface area (Å²) in [6.07, 6.45) is -2.09. The molecule has 2 heterocycles. The zero-order chi connectivity index (χ0) is 19.6. The molecule has 0 saturated heterocycles. The van der Waals surface area contributed by atoms with E-state index in [2.05, 4.69) is 31.4 Å². The third-order valence-electron chi connectivity index (χ3n) is 4.19. The minimum Gasteiger partial charge on any atom is -0.354 e. The third-order valence-corrected chi connectivity index (χ3v) is 5.81. The Bertz CT molecular complexity index is 805. The summed E-state index contributed by atoms with van der Waals surface area (Å²) in [5.74, 6) is -0.303. The number of carbonyl (C=O) groups is 1. The van der Waals surface area contributed by atoms with E-state index >= 15 is 0 Å². The first-order valence-corrected chi connectivity index (χ1v) is 9.32. The van der Waals surface area contributed by atoms with Gasteiger partial charge in [0.15, 0.2) is 0 Å². The van der Waals surface area contributed by atoms with E-state index < -0.39 is 18.2 Å². The zero-order valence-corrected chi connectivity index (χ0v) is 17.3. The van der Waals surface area contributed by atoms with Gasteiger partial charge in [-0.25, -0.2) is 8.78 Å². The highest BCUT2D eigenvalue weighted by Gasteiger charge is 2.25. The number of rotatable bonds is 7. The molecule has 0 radical (unpaired) electrons. The Hall–Kier alpha value is -1.48. The molecule has 2 aromatic heterocycles. The van der Waals surface area contributed by atoms with Crippen LogP contribution in [0.15, 0.2) is 4.47 Å². The molecule has 1 N–H and O–H groups in total. The van der Waals surface area contributed by atoms with Crippen LogP contribution in [0.25, 0.3) is 0 Å². The highest BCUT2D eigenvalue weighted by molar-refractivity contribution is 9.10. The molecule has 10 heteroatoms. The number of carbonyl (C=O) groups excluding carboxylic acids is 1. The van der Waals surface area contributed by atoms with Gasteiger partial charge in [-0.15, -0.1) is 0 Å². The molecule has 0 aromatic carbocycles. The lowest BCUT2D eigenvalue weighted by molar-refractivity contribution is -0.124. The van der Waals surface area contributed by atoms with E-state index in [1.165, 1.54) is 4.68 Å². The van der Waals surface area contributed by atoms with Crippen LogP contribution in [0.1, 0.15) is 48.6 Å². The van der Waals surface area contributed by atoms with E-state index in [9.17, 15) is 13.6 Å². The molecule has 1 amide bonds. The minimum absolute atomic E-state index is 0.102. The van der Waals surface area contributed by atoms with Gasteiger partial charge in [-0.2, -0.15) is 10.2 Å². The van der Waals surface area contributed by atoms with Gasteiger partial charge < -0.3 is 5.32 Å². The second-order valence-electron chi connectivity index (χ2n) is 6.06. The van der Waals surface area contributed by atoms with Crippen molar-refractivity contribution in [2.75, 3.05) is 6.54 Å². The fourth-order valence-electron chi connectivity index (χ4n) is 2.63. The van der Waals surface area contributed by atoms with Gasteiger partial charge in [-0.1, -0.05) is 11.6 Å². The minimum atomic E-state index is -2.78. The van der Waals surface area contributed by atoms with Crippen LogP contribution in [0.3, 0.4) is 0 Å². The van der Waals surface area contributed by atoms with Crippen molar-refractivity contribution in [1.29, 1.82) is 0 Å². The van der Waals surface area contributed by atoms with E-state index in [0.29, 0.717) is 25.2 Å². The van der Waals surface area contributed by atoms with Crippen molar-refractivity contribution in [2.24, 2.45) is 0 Å². The Kier molecular flexibility index (Phi) is 6.79. The molecule has 1 atom stereocenters. The van der Waals surface area contributed by atoms with Crippen molar-refractivity contribution >= 4 is 33.4 Å². The number of aryl methyl sites for hydroxylation is 2. The predicted octanol–water partition coefficient (Wildman–Crippen LogP) is 4.13. The molecule has 0 fully saturated rings. The normalized spacial score (nSPS) is 12.7. The van der Waals surface area contributed by atoms with Crippen molar-refractivity contribution in [2.45, 2.75) is 53.1 Å². The number of alkyl halides is 2. The Labute approximate surface area is 164 Å². The molecule has 26 heavy (non-hydrogen) atoms. The van der Waals surface area contributed by atoms with Gasteiger partial charge in [0.2, 0.25) is 5.91 Å². The molecule has 0 bridgehead atoms. The smallest absolute Gasteiger partial charge is 0.283 e. The summed E-state index contributed by atoms with van der Waals surface area (Å²) in [5, 5.41) is 10.9. The van der Waals surface area contributed by atoms with Crippen LogP contribution in [-0.4, -0.2) is 32.0 Å². The fraction of sp³-hybridized carbons (Fsp3) is 0.562. The molecule has 0 aliphatic rings. The summed E-state index contributed by atoms with van der Waals surface area (Å²) in [5.41, 5.74) is 1.79. The zero-order valence-electron chi connectivity index (χ0n) is 15.0. The maximum Gasteiger partial charge on any atom is 0.283 e. The SMILES string of the molecule is Cc1nn(CCCNC(=O)[C@@H](C)n2nc(C(F)F)c(Cl)c2C)c(C)c1Br. The largest absolute Gasteiger partial charge is 0.354 e. The number of nitrogens with one attached hydrogen (secondary N) is 1. The fourth-order valence-corrected chi connectivity index (χ4v) is 3.12. The second-order valence-corrected chi connectivity index (χ2v) is 7.23. The van der Waals surface area contributed by atoms with Crippen LogP contribution in [-0.2, 0) is 11.3 Å². The Balaban J connectivity index is 1.91. The predicted molar refractivity (Wildman–Crippen MR) is 98.7 cm³/mol. The van der Waals surface area contributed by atoms with Gasteiger partial charge in [-0.3, -0.25) is 14.2 Å². The summed E-state index contributed by atoms with van der Waals surface area (Å²) >= 11 is 9.35. The molecule has 2 rings (SSSR count). The monoisotopic (exact) mass is 451 g/mol. The Morgan fingerprint density at radius 2 is 1.92 bits per heavy atom. The topological polar surface area (TPSA) is 64.7 Å². The number of halogens is 4. The van der Waals surface area contributed by atoms with E-state index in [4.69, 9.17) is 11.6 Å². The Morgan fingerprint density at radius 3 is 2.42 bits per heavy atom. The quantitative estimate of drug-likeness (QED) is 0.643. The maximum atomic E-state index is 12.9. The molecule has 144 valence electrons. The number of nitrogens with zero attached hydrogens (tertiary/aromatic N) is 4. The summed E-state index contributed by atoms with van der Waals surface area (Å²) in [6, 6.07) is -0.733. The van der Waals surface area contributed by atoms with Crippen LogP contribution in [0.5, 0.6) is 0 Å². The summed E-state index contributed by atoms with van der Waals surface area (Å²) in [7, 11) is 0. The van der Waals surface area contributed by atoms with E-state index in [0.717, 1.165) is 15.9 Å². The lowest BCUT2D eigenvalue weighted by Crippen LogP contribution is -2.33. The maximum absolute atomic E-state index is 12.9. The Morgan fingerprint density at radius 1 is 1.27 bits per heavy atom. The molecule has 0 saturated carbocycles. The van der Waals surface area contributed by atoms with Crippen LogP contribution < -0.4 is 5.32 Å². The molecule has 6 nitrogen and oxygen atoms in total. The molecule has 0 aliphatic carbocycles. The molecule has 2 aromatic rings. The molecule has 0 unspecified atom stereocenters. The first kappa shape index (κ1) is 20.8. The van der Waals surface area contributed by atoms with Crippen molar-refractivity contribution in [3.63, 3.8) is 0 Å². The first-order chi connectivity index (χ1) is 12.1. The number of hydrogen-bond acceptors (Lipinski definition) is 3.